The first-order chi connectivity index (χ1) is 9.26. The maximum Gasteiger partial charge on any atom is 0.188 e. The second-order valence-corrected chi connectivity index (χ2v) is 4.50. The molecule has 0 fully saturated rings. The zero-order valence-electron chi connectivity index (χ0n) is 11.9. The van der Waals surface area contributed by atoms with Crippen molar-refractivity contribution in [2.75, 3.05) is 6.54 Å². The van der Waals surface area contributed by atoms with Crippen molar-refractivity contribution >= 4 is 29.9 Å². The molecule has 0 radical (unpaired) electrons. The Bertz CT molecular complexity index is 434. The molecule has 0 heterocycles. The van der Waals surface area contributed by atoms with Gasteiger partial charge >= 0.3 is 0 Å². The first-order valence-corrected chi connectivity index (χ1v) is 6.79. The van der Waals surface area contributed by atoms with Crippen LogP contribution in [0.1, 0.15) is 43.7 Å². The topological polar surface area (TPSA) is 74.2 Å². The lowest BCUT2D eigenvalue weighted by Crippen LogP contribution is -2.32. The van der Waals surface area contributed by atoms with Crippen molar-refractivity contribution in [1.82, 2.24) is 5.32 Å². The number of halogens is 1. The summed E-state index contributed by atoms with van der Waals surface area (Å²) in [5.41, 5.74) is 7.49. The summed E-state index contributed by atoms with van der Waals surface area (Å²) in [6, 6.07) is 9.47. The standard InChI is InChI=1S/C15H22N4.HI/c1-2-3-4-5-10-18-15(17)19-12-14-8-6-13(11-16)7-9-14;/h6-9H,2-5,10,12H2,1H3,(H3,17,18,19);1H. The SMILES string of the molecule is CCCCCCNC(N)=NCc1ccc(C#N)cc1.I. The third-order valence-corrected chi connectivity index (χ3v) is 2.85. The number of aliphatic imine (C=N–C) groups is 1. The van der Waals surface area contributed by atoms with Crippen LogP contribution in [0.2, 0.25) is 0 Å². The number of rotatable bonds is 7. The molecule has 1 aromatic rings. The summed E-state index contributed by atoms with van der Waals surface area (Å²) in [5.74, 6) is 0.487. The highest BCUT2D eigenvalue weighted by Crippen LogP contribution is 2.04. The van der Waals surface area contributed by atoms with E-state index in [0.717, 1.165) is 18.5 Å². The van der Waals surface area contributed by atoms with Crippen LogP contribution in [-0.2, 0) is 6.54 Å². The number of hydrogen-bond acceptors (Lipinski definition) is 2. The van der Waals surface area contributed by atoms with Crippen LogP contribution in [0.15, 0.2) is 29.3 Å². The van der Waals surface area contributed by atoms with E-state index in [0.29, 0.717) is 18.1 Å². The quantitative estimate of drug-likeness (QED) is 0.327. The van der Waals surface area contributed by atoms with Gasteiger partial charge in [0.05, 0.1) is 18.2 Å². The number of nitrogens with one attached hydrogen (secondary N) is 1. The van der Waals surface area contributed by atoms with E-state index in [2.05, 4.69) is 23.3 Å². The van der Waals surface area contributed by atoms with E-state index in [9.17, 15) is 0 Å². The molecule has 20 heavy (non-hydrogen) atoms. The highest BCUT2D eigenvalue weighted by Gasteiger charge is 1.95. The molecule has 0 bridgehead atoms. The van der Waals surface area contributed by atoms with Crippen molar-refractivity contribution in [3.63, 3.8) is 0 Å². The van der Waals surface area contributed by atoms with Gasteiger partial charge in [-0.15, -0.1) is 24.0 Å². The van der Waals surface area contributed by atoms with E-state index < -0.39 is 0 Å². The third-order valence-electron chi connectivity index (χ3n) is 2.85. The van der Waals surface area contributed by atoms with E-state index in [1.165, 1.54) is 19.3 Å². The van der Waals surface area contributed by atoms with Crippen LogP contribution in [0.4, 0.5) is 0 Å². The molecular formula is C15H23IN4. The van der Waals surface area contributed by atoms with Gasteiger partial charge in [0.25, 0.3) is 0 Å². The van der Waals surface area contributed by atoms with Crippen molar-refractivity contribution in [3.05, 3.63) is 35.4 Å². The van der Waals surface area contributed by atoms with Gasteiger partial charge in [-0.25, -0.2) is 4.99 Å². The Morgan fingerprint density at radius 1 is 1.25 bits per heavy atom. The lowest BCUT2D eigenvalue weighted by atomic mass is 10.1. The number of guanidine groups is 1. The fraction of sp³-hybridized carbons (Fsp3) is 0.467. The Morgan fingerprint density at radius 3 is 2.55 bits per heavy atom. The van der Waals surface area contributed by atoms with Crippen LogP contribution < -0.4 is 11.1 Å². The van der Waals surface area contributed by atoms with Gasteiger partial charge in [0.1, 0.15) is 0 Å². The fourth-order valence-corrected chi connectivity index (χ4v) is 1.69. The zero-order chi connectivity index (χ0) is 13.9. The van der Waals surface area contributed by atoms with Gasteiger partial charge in [-0.05, 0) is 24.1 Å². The van der Waals surface area contributed by atoms with Gasteiger partial charge < -0.3 is 11.1 Å². The Hall–Kier alpha value is -1.29. The third kappa shape index (κ3) is 8.00. The highest BCUT2D eigenvalue weighted by molar-refractivity contribution is 14.0. The molecule has 3 N–H and O–H groups in total. The molecule has 1 aromatic carbocycles. The predicted molar refractivity (Wildman–Crippen MR) is 94.0 cm³/mol. The van der Waals surface area contributed by atoms with Crippen LogP contribution >= 0.6 is 24.0 Å². The number of unbranched alkanes of at least 4 members (excludes halogenated alkanes) is 3. The molecule has 5 heteroatoms. The average Bonchev–Trinajstić information content (AvgIpc) is 2.45. The number of benzene rings is 1. The van der Waals surface area contributed by atoms with Crippen LogP contribution in [0, 0.1) is 11.3 Å². The number of nitrogens with zero attached hydrogens (tertiary/aromatic N) is 2. The van der Waals surface area contributed by atoms with Gasteiger partial charge in [-0.1, -0.05) is 38.3 Å². The second-order valence-electron chi connectivity index (χ2n) is 4.50. The summed E-state index contributed by atoms with van der Waals surface area (Å²) in [6.07, 6.45) is 4.86. The maximum absolute atomic E-state index is 8.70. The maximum atomic E-state index is 8.70. The van der Waals surface area contributed by atoms with Crippen LogP contribution in [0.5, 0.6) is 0 Å². The molecule has 0 aliphatic rings. The molecule has 0 amide bonds. The summed E-state index contributed by atoms with van der Waals surface area (Å²) < 4.78 is 0. The highest BCUT2D eigenvalue weighted by atomic mass is 127. The molecule has 110 valence electrons. The minimum atomic E-state index is 0. The molecule has 0 atom stereocenters. The molecule has 0 aliphatic heterocycles. The van der Waals surface area contributed by atoms with E-state index in [-0.39, 0.29) is 24.0 Å². The molecule has 0 aromatic heterocycles. The van der Waals surface area contributed by atoms with Crippen molar-refractivity contribution in [2.24, 2.45) is 10.7 Å². The Labute approximate surface area is 138 Å². The second kappa shape index (κ2) is 11.5. The molecule has 0 spiro atoms. The first-order valence-electron chi connectivity index (χ1n) is 6.79. The summed E-state index contributed by atoms with van der Waals surface area (Å²) >= 11 is 0. The van der Waals surface area contributed by atoms with Gasteiger partial charge in [0.15, 0.2) is 5.96 Å². The number of hydrogen-bond donors (Lipinski definition) is 2. The lowest BCUT2D eigenvalue weighted by molar-refractivity contribution is 0.652. The smallest absolute Gasteiger partial charge is 0.188 e. The Kier molecular flexibility index (Phi) is 10.8. The summed E-state index contributed by atoms with van der Waals surface area (Å²) in [6.45, 7) is 3.61. The molecular weight excluding hydrogens is 363 g/mol. The molecule has 0 aliphatic carbocycles. The first kappa shape index (κ1) is 18.7. The minimum Gasteiger partial charge on any atom is -0.370 e. The molecule has 0 saturated carbocycles. The van der Waals surface area contributed by atoms with Crippen molar-refractivity contribution in [2.45, 2.75) is 39.2 Å². The van der Waals surface area contributed by atoms with Gasteiger partial charge in [-0.2, -0.15) is 5.26 Å². The van der Waals surface area contributed by atoms with E-state index in [1.807, 2.05) is 12.1 Å². The molecule has 4 nitrogen and oxygen atoms in total. The van der Waals surface area contributed by atoms with Gasteiger partial charge in [0.2, 0.25) is 0 Å². The predicted octanol–water partition coefficient (Wildman–Crippen LogP) is 3.16. The Balaban J connectivity index is 0.00000361. The van der Waals surface area contributed by atoms with Crippen LogP contribution in [0.25, 0.3) is 0 Å². The molecule has 0 saturated heterocycles. The zero-order valence-corrected chi connectivity index (χ0v) is 14.3. The van der Waals surface area contributed by atoms with E-state index in [1.54, 1.807) is 12.1 Å². The fourth-order valence-electron chi connectivity index (χ4n) is 1.69. The Morgan fingerprint density at radius 2 is 1.95 bits per heavy atom. The van der Waals surface area contributed by atoms with E-state index >= 15 is 0 Å². The van der Waals surface area contributed by atoms with Gasteiger partial charge in [0, 0.05) is 6.54 Å². The van der Waals surface area contributed by atoms with Crippen LogP contribution in [0.3, 0.4) is 0 Å². The average molecular weight is 386 g/mol. The summed E-state index contributed by atoms with van der Waals surface area (Å²) in [7, 11) is 0. The molecule has 1 rings (SSSR count). The van der Waals surface area contributed by atoms with Crippen molar-refractivity contribution < 1.29 is 0 Å². The van der Waals surface area contributed by atoms with Crippen molar-refractivity contribution in [1.29, 1.82) is 5.26 Å². The lowest BCUT2D eigenvalue weighted by Gasteiger charge is -2.05. The molecule has 0 unspecified atom stereocenters. The van der Waals surface area contributed by atoms with Crippen molar-refractivity contribution in [3.8, 4) is 6.07 Å². The monoisotopic (exact) mass is 386 g/mol. The van der Waals surface area contributed by atoms with E-state index in [4.69, 9.17) is 11.0 Å². The minimum absolute atomic E-state index is 0. The number of nitrogens with two attached hydrogens (primary N) is 1. The summed E-state index contributed by atoms with van der Waals surface area (Å²) in [4.78, 5) is 4.27. The van der Waals surface area contributed by atoms with Crippen LogP contribution in [-0.4, -0.2) is 12.5 Å². The number of nitriles is 1. The normalized spacial score (nSPS) is 10.5. The largest absolute Gasteiger partial charge is 0.370 e. The summed E-state index contributed by atoms with van der Waals surface area (Å²) in [5, 5.41) is 11.8. The van der Waals surface area contributed by atoms with Gasteiger partial charge in [-0.3, -0.25) is 0 Å².